The molecule has 0 aliphatic heterocycles. The van der Waals surface area contributed by atoms with E-state index in [-0.39, 0.29) is 19.2 Å². The molecule has 0 unspecified atom stereocenters. The molecule has 27 heavy (non-hydrogen) atoms. The minimum atomic E-state index is -3.59. The molecule has 8 heteroatoms. The molecule has 146 valence electrons. The molecule has 0 aromatic heterocycles. The Balaban J connectivity index is 2.04. The maximum atomic E-state index is 12.3. The zero-order chi connectivity index (χ0) is 20.0. The van der Waals surface area contributed by atoms with Crippen molar-refractivity contribution in [3.8, 4) is 5.75 Å². The van der Waals surface area contributed by atoms with Crippen molar-refractivity contribution < 1.29 is 17.9 Å². The SMILES string of the molecule is CC(C)Oc1ccc(NC(=O)CN(Cc2ccccc2Cl)S(C)(=O)=O)cc1. The molecule has 0 aliphatic rings. The molecule has 0 saturated heterocycles. The Morgan fingerprint density at radius 1 is 1.15 bits per heavy atom. The fourth-order valence-corrected chi connectivity index (χ4v) is 3.28. The van der Waals surface area contributed by atoms with Gasteiger partial charge in [-0.05, 0) is 49.7 Å². The molecule has 1 amide bonds. The lowest BCUT2D eigenvalue weighted by Crippen LogP contribution is -2.37. The van der Waals surface area contributed by atoms with Crippen LogP contribution in [0, 0.1) is 0 Å². The molecule has 6 nitrogen and oxygen atoms in total. The van der Waals surface area contributed by atoms with E-state index < -0.39 is 15.9 Å². The summed E-state index contributed by atoms with van der Waals surface area (Å²) in [4.78, 5) is 12.3. The molecular formula is C19H23ClN2O4S. The molecule has 2 aromatic carbocycles. The lowest BCUT2D eigenvalue weighted by Gasteiger charge is -2.20. The van der Waals surface area contributed by atoms with Gasteiger partial charge < -0.3 is 10.1 Å². The Morgan fingerprint density at radius 2 is 1.78 bits per heavy atom. The molecule has 2 rings (SSSR count). The quantitative estimate of drug-likeness (QED) is 0.722. The first-order valence-electron chi connectivity index (χ1n) is 8.40. The van der Waals surface area contributed by atoms with E-state index in [2.05, 4.69) is 5.32 Å². The van der Waals surface area contributed by atoms with Gasteiger partial charge in [-0.25, -0.2) is 8.42 Å². The van der Waals surface area contributed by atoms with Crippen LogP contribution >= 0.6 is 11.6 Å². The van der Waals surface area contributed by atoms with E-state index in [4.69, 9.17) is 16.3 Å². The number of nitrogens with one attached hydrogen (secondary N) is 1. The van der Waals surface area contributed by atoms with Crippen molar-refractivity contribution in [1.82, 2.24) is 4.31 Å². The van der Waals surface area contributed by atoms with Crippen LogP contribution in [0.15, 0.2) is 48.5 Å². The Kier molecular flexibility index (Phi) is 7.24. The standard InChI is InChI=1S/C19H23ClN2O4S/c1-14(2)26-17-10-8-16(9-11-17)21-19(23)13-22(27(3,24)25)12-15-6-4-5-7-18(15)20/h4-11,14H,12-13H2,1-3H3,(H,21,23). The third kappa shape index (κ3) is 6.86. The van der Waals surface area contributed by atoms with E-state index in [1.807, 2.05) is 13.8 Å². The molecule has 0 aliphatic carbocycles. The van der Waals surface area contributed by atoms with Crippen molar-refractivity contribution in [2.75, 3.05) is 18.1 Å². The molecular weight excluding hydrogens is 388 g/mol. The first-order valence-corrected chi connectivity index (χ1v) is 10.6. The highest BCUT2D eigenvalue weighted by Crippen LogP contribution is 2.19. The Bertz CT molecular complexity index is 883. The van der Waals surface area contributed by atoms with E-state index in [1.54, 1.807) is 48.5 Å². The summed E-state index contributed by atoms with van der Waals surface area (Å²) in [5, 5.41) is 3.14. The molecule has 1 N–H and O–H groups in total. The maximum Gasteiger partial charge on any atom is 0.239 e. The van der Waals surface area contributed by atoms with E-state index in [9.17, 15) is 13.2 Å². The van der Waals surface area contributed by atoms with Gasteiger partial charge in [-0.3, -0.25) is 4.79 Å². The molecule has 0 radical (unpaired) electrons. The number of nitrogens with zero attached hydrogens (tertiary/aromatic N) is 1. The summed E-state index contributed by atoms with van der Waals surface area (Å²) in [7, 11) is -3.59. The molecule has 0 saturated carbocycles. The van der Waals surface area contributed by atoms with Crippen molar-refractivity contribution in [1.29, 1.82) is 0 Å². The summed E-state index contributed by atoms with van der Waals surface area (Å²) in [6, 6.07) is 13.8. The number of carbonyl (C=O) groups is 1. The fraction of sp³-hybridized carbons (Fsp3) is 0.316. The van der Waals surface area contributed by atoms with E-state index in [0.717, 1.165) is 10.6 Å². The Labute approximate surface area is 165 Å². The monoisotopic (exact) mass is 410 g/mol. The largest absolute Gasteiger partial charge is 0.491 e. The zero-order valence-electron chi connectivity index (χ0n) is 15.5. The second-order valence-corrected chi connectivity index (χ2v) is 8.75. The third-order valence-corrected chi connectivity index (χ3v) is 5.17. The number of hydrogen-bond acceptors (Lipinski definition) is 4. The van der Waals surface area contributed by atoms with Gasteiger partial charge in [0, 0.05) is 17.3 Å². The van der Waals surface area contributed by atoms with Gasteiger partial charge in [0.25, 0.3) is 0 Å². The van der Waals surface area contributed by atoms with E-state index >= 15 is 0 Å². The van der Waals surface area contributed by atoms with Crippen LogP contribution in [-0.4, -0.2) is 37.5 Å². The van der Waals surface area contributed by atoms with Crippen LogP contribution in [0.3, 0.4) is 0 Å². The Hall–Kier alpha value is -2.09. The average Bonchev–Trinajstić information content (AvgIpc) is 2.56. The normalized spacial score (nSPS) is 11.6. The van der Waals surface area contributed by atoms with E-state index in [0.29, 0.717) is 22.0 Å². The number of hydrogen-bond donors (Lipinski definition) is 1. The van der Waals surface area contributed by atoms with Gasteiger partial charge in [-0.15, -0.1) is 0 Å². The van der Waals surface area contributed by atoms with Crippen molar-refractivity contribution in [3.05, 3.63) is 59.1 Å². The van der Waals surface area contributed by atoms with Gasteiger partial charge >= 0.3 is 0 Å². The minimum Gasteiger partial charge on any atom is -0.491 e. The van der Waals surface area contributed by atoms with Crippen LogP contribution in [0.1, 0.15) is 19.4 Å². The van der Waals surface area contributed by atoms with Crippen LogP contribution < -0.4 is 10.1 Å². The number of rotatable bonds is 8. The van der Waals surface area contributed by atoms with E-state index in [1.165, 1.54) is 0 Å². The van der Waals surface area contributed by atoms with Gasteiger partial charge in [0.05, 0.1) is 18.9 Å². The van der Waals surface area contributed by atoms with Crippen LogP contribution in [-0.2, 0) is 21.4 Å². The van der Waals surface area contributed by atoms with Crippen LogP contribution in [0.25, 0.3) is 0 Å². The van der Waals surface area contributed by atoms with Gasteiger partial charge in [-0.1, -0.05) is 29.8 Å². The van der Waals surface area contributed by atoms with Gasteiger partial charge in [0.1, 0.15) is 5.75 Å². The van der Waals surface area contributed by atoms with Gasteiger partial charge in [0.15, 0.2) is 0 Å². The lowest BCUT2D eigenvalue weighted by atomic mass is 10.2. The van der Waals surface area contributed by atoms with Crippen LogP contribution in [0.4, 0.5) is 5.69 Å². The van der Waals surface area contributed by atoms with Crippen molar-refractivity contribution in [3.63, 3.8) is 0 Å². The zero-order valence-corrected chi connectivity index (χ0v) is 17.0. The number of halogens is 1. The molecule has 0 bridgehead atoms. The predicted octanol–water partition coefficient (Wildman–Crippen LogP) is 3.53. The average molecular weight is 411 g/mol. The number of sulfonamides is 1. The summed E-state index contributed by atoms with van der Waals surface area (Å²) in [5.41, 5.74) is 1.19. The first kappa shape index (κ1) is 21.2. The van der Waals surface area contributed by atoms with Crippen LogP contribution in [0.2, 0.25) is 5.02 Å². The molecule has 0 fully saturated rings. The third-order valence-electron chi connectivity index (χ3n) is 3.60. The second kappa shape index (κ2) is 9.21. The predicted molar refractivity (Wildman–Crippen MR) is 108 cm³/mol. The smallest absolute Gasteiger partial charge is 0.239 e. The van der Waals surface area contributed by atoms with Crippen LogP contribution in [0.5, 0.6) is 5.75 Å². The molecule has 0 atom stereocenters. The Morgan fingerprint density at radius 3 is 2.33 bits per heavy atom. The minimum absolute atomic E-state index is 0.0209. The van der Waals surface area contributed by atoms with Gasteiger partial charge in [-0.2, -0.15) is 4.31 Å². The lowest BCUT2D eigenvalue weighted by molar-refractivity contribution is -0.116. The highest BCUT2D eigenvalue weighted by atomic mass is 35.5. The second-order valence-electron chi connectivity index (χ2n) is 6.36. The number of benzene rings is 2. The number of carbonyl (C=O) groups excluding carboxylic acids is 1. The van der Waals surface area contributed by atoms with Crippen molar-refractivity contribution in [2.24, 2.45) is 0 Å². The maximum absolute atomic E-state index is 12.3. The number of amides is 1. The van der Waals surface area contributed by atoms with Gasteiger partial charge in [0.2, 0.25) is 15.9 Å². The topological polar surface area (TPSA) is 75.7 Å². The first-order chi connectivity index (χ1) is 12.6. The number of anilines is 1. The fourth-order valence-electron chi connectivity index (χ4n) is 2.36. The van der Waals surface area contributed by atoms with Crippen molar-refractivity contribution >= 4 is 33.2 Å². The molecule has 0 spiro atoms. The summed E-state index contributed by atoms with van der Waals surface area (Å²) >= 11 is 6.10. The molecule has 2 aromatic rings. The molecule has 0 heterocycles. The summed E-state index contributed by atoms with van der Waals surface area (Å²) in [6.07, 6.45) is 1.12. The summed E-state index contributed by atoms with van der Waals surface area (Å²) in [6.45, 7) is 3.56. The number of ether oxygens (including phenoxy) is 1. The highest BCUT2D eigenvalue weighted by Gasteiger charge is 2.21. The summed E-state index contributed by atoms with van der Waals surface area (Å²) < 4.78 is 30.8. The van der Waals surface area contributed by atoms with Crippen molar-refractivity contribution in [2.45, 2.75) is 26.5 Å². The summed E-state index contributed by atoms with van der Waals surface area (Å²) in [5.74, 6) is 0.254. The highest BCUT2D eigenvalue weighted by molar-refractivity contribution is 7.88.